The highest BCUT2D eigenvalue weighted by molar-refractivity contribution is 7.99. The molecule has 0 saturated heterocycles. The van der Waals surface area contributed by atoms with E-state index in [4.69, 9.17) is 9.84 Å². The van der Waals surface area contributed by atoms with Gasteiger partial charge in [-0.15, -0.1) is 11.8 Å². The van der Waals surface area contributed by atoms with Crippen LogP contribution in [0.15, 0.2) is 48.5 Å². The molecule has 0 aliphatic carbocycles. The zero-order valence-electron chi connectivity index (χ0n) is 12.1. The van der Waals surface area contributed by atoms with Crippen molar-refractivity contribution in [1.29, 1.82) is 0 Å². The Balaban J connectivity index is 2.28. The number of carboxylic acids is 1. The maximum absolute atomic E-state index is 12.7. The van der Waals surface area contributed by atoms with Crippen molar-refractivity contribution >= 4 is 23.5 Å². The molecule has 0 spiro atoms. The number of carbonyl (C=O) groups excluding carboxylic acids is 1. The molecule has 0 bridgehead atoms. The Hall–Kier alpha value is -2.27. The van der Waals surface area contributed by atoms with Crippen molar-refractivity contribution in [2.75, 3.05) is 12.9 Å². The average Bonchev–Trinajstić information content (AvgIpc) is 2.54. The van der Waals surface area contributed by atoms with Gasteiger partial charge in [0.25, 0.3) is 0 Å². The fourth-order valence-electron chi connectivity index (χ4n) is 2.09. The molecule has 5 heteroatoms. The third kappa shape index (κ3) is 3.89. The molecule has 2 aromatic rings. The first-order valence-corrected chi connectivity index (χ1v) is 7.84. The molecule has 2 aromatic carbocycles. The number of para-hydroxylation sites is 1. The third-order valence-corrected chi connectivity index (χ3v) is 4.06. The van der Waals surface area contributed by atoms with Crippen LogP contribution in [-0.2, 0) is 10.5 Å². The maximum atomic E-state index is 12.7. The molecule has 4 nitrogen and oxygen atoms in total. The predicted molar refractivity (Wildman–Crippen MR) is 86.7 cm³/mol. The minimum Gasteiger partial charge on any atom is -0.496 e. The van der Waals surface area contributed by atoms with Crippen LogP contribution in [0.2, 0.25) is 0 Å². The Morgan fingerprint density at radius 3 is 2.36 bits per heavy atom. The number of hydrogen-bond donors (Lipinski definition) is 1. The van der Waals surface area contributed by atoms with Crippen molar-refractivity contribution in [2.24, 2.45) is 0 Å². The quantitative estimate of drug-likeness (QED) is 0.794. The van der Waals surface area contributed by atoms with Crippen LogP contribution < -0.4 is 4.74 Å². The van der Waals surface area contributed by atoms with E-state index in [1.807, 2.05) is 18.2 Å². The molecule has 114 valence electrons. The number of rotatable bonds is 7. The van der Waals surface area contributed by atoms with Crippen molar-refractivity contribution in [3.8, 4) is 5.75 Å². The second-order valence-electron chi connectivity index (χ2n) is 4.57. The highest BCUT2D eigenvalue weighted by atomic mass is 32.2. The van der Waals surface area contributed by atoms with Crippen molar-refractivity contribution in [3.63, 3.8) is 0 Å². The number of benzene rings is 2. The molecular formula is C17H16O4S. The number of hydrogen-bond acceptors (Lipinski definition) is 4. The van der Waals surface area contributed by atoms with Crippen LogP contribution in [0.4, 0.5) is 0 Å². The second kappa shape index (κ2) is 7.66. The number of aliphatic carboxylic acids is 1. The molecule has 1 N–H and O–H groups in total. The summed E-state index contributed by atoms with van der Waals surface area (Å²) in [5.41, 5.74) is 1.90. The lowest BCUT2D eigenvalue weighted by Crippen LogP contribution is -2.07. The zero-order valence-corrected chi connectivity index (χ0v) is 12.9. The normalized spacial score (nSPS) is 10.2. The van der Waals surface area contributed by atoms with Crippen LogP contribution in [0.25, 0.3) is 0 Å². The molecule has 0 unspecified atom stereocenters. The predicted octanol–water partition coefficient (Wildman–Crippen LogP) is 3.24. The van der Waals surface area contributed by atoms with Crippen molar-refractivity contribution < 1.29 is 19.4 Å². The molecule has 0 fully saturated rings. The van der Waals surface area contributed by atoms with Gasteiger partial charge in [0.1, 0.15) is 5.75 Å². The molecule has 2 rings (SSSR count). The molecule has 0 aromatic heterocycles. The highest BCUT2D eigenvalue weighted by Crippen LogP contribution is 2.24. The first kappa shape index (κ1) is 16.1. The van der Waals surface area contributed by atoms with Gasteiger partial charge in [-0.2, -0.15) is 0 Å². The van der Waals surface area contributed by atoms with Gasteiger partial charge in [0.2, 0.25) is 0 Å². The Labute approximate surface area is 133 Å². The number of thioether (sulfide) groups is 1. The van der Waals surface area contributed by atoms with E-state index in [0.717, 1.165) is 5.56 Å². The minimum absolute atomic E-state index is 0.0111. The summed E-state index contributed by atoms with van der Waals surface area (Å²) in [6, 6.07) is 14.3. The lowest BCUT2D eigenvalue weighted by Gasteiger charge is -2.10. The van der Waals surface area contributed by atoms with Gasteiger partial charge in [-0.05, 0) is 17.7 Å². The van der Waals surface area contributed by atoms with E-state index >= 15 is 0 Å². The molecule has 0 saturated carbocycles. The maximum Gasteiger partial charge on any atom is 0.313 e. The minimum atomic E-state index is -0.862. The Morgan fingerprint density at radius 2 is 1.68 bits per heavy atom. The van der Waals surface area contributed by atoms with E-state index in [2.05, 4.69) is 0 Å². The fourth-order valence-corrected chi connectivity index (χ4v) is 2.84. The first-order chi connectivity index (χ1) is 10.6. The summed E-state index contributed by atoms with van der Waals surface area (Å²) < 4.78 is 5.24. The Morgan fingerprint density at radius 1 is 1.05 bits per heavy atom. The van der Waals surface area contributed by atoms with E-state index in [1.54, 1.807) is 30.3 Å². The largest absolute Gasteiger partial charge is 0.496 e. The number of carboxylic acid groups (broad SMARTS) is 1. The standard InChI is InChI=1S/C17H16O4S/c1-21-15-9-5-4-8-14(15)17(20)13-7-3-2-6-12(13)10-22-11-16(18)19/h2-9H,10-11H2,1H3,(H,18,19). The molecule has 0 amide bonds. The van der Waals surface area contributed by atoms with Crippen LogP contribution >= 0.6 is 11.8 Å². The smallest absolute Gasteiger partial charge is 0.313 e. The van der Waals surface area contributed by atoms with Gasteiger partial charge in [0.15, 0.2) is 5.78 Å². The summed E-state index contributed by atoms with van der Waals surface area (Å²) in [4.78, 5) is 23.3. The first-order valence-electron chi connectivity index (χ1n) is 6.68. The zero-order chi connectivity index (χ0) is 15.9. The van der Waals surface area contributed by atoms with E-state index in [-0.39, 0.29) is 11.5 Å². The summed E-state index contributed by atoms with van der Waals surface area (Å²) >= 11 is 1.27. The molecule has 0 heterocycles. The average molecular weight is 316 g/mol. The molecule has 0 atom stereocenters. The van der Waals surface area contributed by atoms with E-state index in [0.29, 0.717) is 22.6 Å². The Kier molecular flexibility index (Phi) is 5.61. The van der Waals surface area contributed by atoms with Crippen LogP contribution in [0, 0.1) is 0 Å². The monoisotopic (exact) mass is 316 g/mol. The van der Waals surface area contributed by atoms with Crippen LogP contribution in [0.5, 0.6) is 5.75 Å². The van der Waals surface area contributed by atoms with Gasteiger partial charge < -0.3 is 9.84 Å². The highest BCUT2D eigenvalue weighted by Gasteiger charge is 2.17. The van der Waals surface area contributed by atoms with Gasteiger partial charge in [-0.3, -0.25) is 9.59 Å². The van der Waals surface area contributed by atoms with Crippen LogP contribution in [-0.4, -0.2) is 29.7 Å². The fraction of sp³-hybridized carbons (Fsp3) is 0.176. The Bertz CT molecular complexity index is 682. The molecular weight excluding hydrogens is 300 g/mol. The van der Waals surface area contributed by atoms with E-state index in [9.17, 15) is 9.59 Å². The summed E-state index contributed by atoms with van der Waals surface area (Å²) in [5.74, 6) is 0.0311. The van der Waals surface area contributed by atoms with Gasteiger partial charge in [0.05, 0.1) is 18.4 Å². The lowest BCUT2D eigenvalue weighted by atomic mass is 9.98. The molecule has 0 aliphatic heterocycles. The van der Waals surface area contributed by atoms with Gasteiger partial charge >= 0.3 is 5.97 Å². The second-order valence-corrected chi connectivity index (χ2v) is 5.56. The number of methoxy groups -OCH3 is 1. The van der Waals surface area contributed by atoms with Crippen molar-refractivity contribution in [3.05, 3.63) is 65.2 Å². The summed E-state index contributed by atoms with van der Waals surface area (Å²) in [5, 5.41) is 8.71. The topological polar surface area (TPSA) is 63.6 Å². The summed E-state index contributed by atoms with van der Waals surface area (Å²) in [6.07, 6.45) is 0. The third-order valence-electron chi connectivity index (χ3n) is 3.10. The number of carbonyl (C=O) groups is 2. The van der Waals surface area contributed by atoms with E-state index < -0.39 is 5.97 Å². The van der Waals surface area contributed by atoms with Gasteiger partial charge in [-0.25, -0.2) is 0 Å². The molecule has 22 heavy (non-hydrogen) atoms. The SMILES string of the molecule is COc1ccccc1C(=O)c1ccccc1CSCC(=O)O. The van der Waals surface area contributed by atoms with Crippen LogP contribution in [0.3, 0.4) is 0 Å². The lowest BCUT2D eigenvalue weighted by molar-refractivity contribution is -0.133. The van der Waals surface area contributed by atoms with Crippen LogP contribution in [0.1, 0.15) is 21.5 Å². The van der Waals surface area contributed by atoms with E-state index in [1.165, 1.54) is 18.9 Å². The van der Waals surface area contributed by atoms with Crippen molar-refractivity contribution in [1.82, 2.24) is 0 Å². The van der Waals surface area contributed by atoms with Crippen molar-refractivity contribution in [2.45, 2.75) is 5.75 Å². The van der Waals surface area contributed by atoms with Gasteiger partial charge in [0, 0.05) is 11.3 Å². The molecule has 0 aliphatic rings. The summed E-state index contributed by atoms with van der Waals surface area (Å²) in [6.45, 7) is 0. The summed E-state index contributed by atoms with van der Waals surface area (Å²) in [7, 11) is 1.53. The van der Waals surface area contributed by atoms with Gasteiger partial charge in [-0.1, -0.05) is 36.4 Å². The number of ether oxygens (including phenoxy) is 1. The molecule has 0 radical (unpaired) electrons. The number of ketones is 1.